The number of hydrogen-bond donors (Lipinski definition) is 1. The largest absolute Gasteiger partial charge is 0.388 e. The highest BCUT2D eigenvalue weighted by molar-refractivity contribution is 7.16. The van der Waals surface area contributed by atoms with Gasteiger partial charge in [-0.2, -0.15) is 5.26 Å². The molecule has 0 spiro atoms. The molecule has 19 heavy (non-hydrogen) atoms. The fraction of sp³-hybridized carbons (Fsp3) is 0.583. The predicted octanol–water partition coefficient (Wildman–Crippen LogP) is 2.84. The topological polar surface area (TPSA) is 90.4 Å². The van der Waals surface area contributed by atoms with Crippen LogP contribution in [0.15, 0.2) is 6.07 Å². The minimum Gasteiger partial charge on any atom is -0.388 e. The Kier molecular flexibility index (Phi) is 5.27. The Morgan fingerprint density at radius 3 is 2.63 bits per heavy atom. The smallest absolute Gasteiger partial charge is 0.304 e. The van der Waals surface area contributed by atoms with Crippen LogP contribution in [0.4, 0.5) is 10.7 Å². The van der Waals surface area contributed by atoms with E-state index in [0.717, 1.165) is 0 Å². The summed E-state index contributed by atoms with van der Waals surface area (Å²) in [7, 11) is 0. The number of nitriles is 1. The Morgan fingerprint density at radius 1 is 1.58 bits per heavy atom. The molecule has 1 N–H and O–H groups in total. The van der Waals surface area contributed by atoms with Crippen LogP contribution in [0.3, 0.4) is 0 Å². The number of rotatable bonds is 6. The highest BCUT2D eigenvalue weighted by Crippen LogP contribution is 2.40. The van der Waals surface area contributed by atoms with Gasteiger partial charge in [0.2, 0.25) is 0 Å². The molecule has 1 aromatic heterocycles. The Hall–Kier alpha value is -1.65. The maximum Gasteiger partial charge on any atom is 0.304 e. The summed E-state index contributed by atoms with van der Waals surface area (Å²) < 4.78 is 0. The number of aliphatic hydroxyl groups is 1. The maximum absolute atomic E-state index is 11.1. The molecule has 104 valence electrons. The molecule has 7 heteroatoms. The van der Waals surface area contributed by atoms with E-state index >= 15 is 0 Å². The van der Waals surface area contributed by atoms with Crippen LogP contribution in [0.25, 0.3) is 0 Å². The summed E-state index contributed by atoms with van der Waals surface area (Å²) in [6, 6.07) is 3.50. The van der Waals surface area contributed by atoms with Gasteiger partial charge < -0.3 is 10.0 Å². The zero-order valence-corrected chi connectivity index (χ0v) is 12.0. The second kappa shape index (κ2) is 6.50. The van der Waals surface area contributed by atoms with Gasteiger partial charge in [0.1, 0.15) is 0 Å². The normalized spacial score (nSPS) is 12.2. The van der Waals surface area contributed by atoms with Gasteiger partial charge >= 0.3 is 5.69 Å². The SMILES string of the molecule is CC(C)N(CCC#N)c1sc([C@H](C)O)cc1[N+](=O)[O-]. The number of thiophene rings is 1. The molecule has 0 amide bonds. The lowest BCUT2D eigenvalue weighted by Crippen LogP contribution is -2.31. The molecule has 0 unspecified atom stereocenters. The lowest BCUT2D eigenvalue weighted by atomic mass is 10.2. The second-order valence-corrected chi connectivity index (χ2v) is 5.53. The summed E-state index contributed by atoms with van der Waals surface area (Å²) in [5.41, 5.74) is -0.00691. The van der Waals surface area contributed by atoms with E-state index in [9.17, 15) is 15.2 Å². The van der Waals surface area contributed by atoms with E-state index in [-0.39, 0.29) is 11.7 Å². The van der Waals surface area contributed by atoms with E-state index in [2.05, 4.69) is 0 Å². The third-order valence-electron chi connectivity index (χ3n) is 2.67. The molecular weight excluding hydrogens is 266 g/mol. The monoisotopic (exact) mass is 283 g/mol. The summed E-state index contributed by atoms with van der Waals surface area (Å²) in [4.78, 5) is 13.0. The molecular formula is C12H17N3O3S. The van der Waals surface area contributed by atoms with Gasteiger partial charge in [0.25, 0.3) is 0 Å². The molecule has 0 radical (unpaired) electrons. The Morgan fingerprint density at radius 2 is 2.21 bits per heavy atom. The van der Waals surface area contributed by atoms with Crippen LogP contribution >= 0.6 is 11.3 Å². The van der Waals surface area contributed by atoms with E-state index in [4.69, 9.17) is 5.26 Å². The fourth-order valence-electron chi connectivity index (χ4n) is 1.70. The first-order valence-electron chi connectivity index (χ1n) is 5.98. The quantitative estimate of drug-likeness (QED) is 0.640. The van der Waals surface area contributed by atoms with Gasteiger partial charge in [0.05, 0.1) is 23.5 Å². The molecule has 1 heterocycles. The third kappa shape index (κ3) is 3.66. The van der Waals surface area contributed by atoms with Gasteiger partial charge in [0.15, 0.2) is 5.00 Å². The average molecular weight is 283 g/mol. The van der Waals surface area contributed by atoms with E-state index < -0.39 is 11.0 Å². The zero-order valence-electron chi connectivity index (χ0n) is 11.2. The number of aliphatic hydroxyl groups excluding tert-OH is 1. The zero-order chi connectivity index (χ0) is 14.6. The van der Waals surface area contributed by atoms with Crippen molar-refractivity contribution in [1.29, 1.82) is 5.26 Å². The highest BCUT2D eigenvalue weighted by Gasteiger charge is 2.26. The minimum absolute atomic E-state index is 0.00691. The minimum atomic E-state index is -0.734. The molecule has 0 aromatic carbocycles. The van der Waals surface area contributed by atoms with Gasteiger partial charge in [-0.25, -0.2) is 0 Å². The van der Waals surface area contributed by atoms with E-state index in [1.54, 1.807) is 6.92 Å². The fourth-order valence-corrected chi connectivity index (χ4v) is 2.92. The van der Waals surface area contributed by atoms with Crippen LogP contribution in [0.2, 0.25) is 0 Å². The van der Waals surface area contributed by atoms with Crippen LogP contribution in [0.1, 0.15) is 38.2 Å². The lowest BCUT2D eigenvalue weighted by Gasteiger charge is -2.25. The van der Waals surface area contributed by atoms with Crippen molar-refractivity contribution in [3.8, 4) is 6.07 Å². The van der Waals surface area contributed by atoms with Crippen molar-refractivity contribution in [2.24, 2.45) is 0 Å². The standard InChI is InChI=1S/C12H17N3O3S/c1-8(2)14(6-4-5-13)12-10(15(17)18)7-11(19-12)9(3)16/h7-9,16H,4,6H2,1-3H3/t9-/m0/s1. The predicted molar refractivity (Wildman–Crippen MR) is 74.3 cm³/mol. The summed E-state index contributed by atoms with van der Waals surface area (Å²) >= 11 is 1.21. The molecule has 0 aliphatic carbocycles. The number of nitrogens with zero attached hydrogens (tertiary/aromatic N) is 3. The van der Waals surface area contributed by atoms with Crippen molar-refractivity contribution >= 4 is 22.0 Å². The van der Waals surface area contributed by atoms with Crippen molar-refractivity contribution in [3.05, 3.63) is 21.1 Å². The van der Waals surface area contributed by atoms with Crippen LogP contribution < -0.4 is 4.90 Å². The summed E-state index contributed by atoms with van der Waals surface area (Å²) in [6.07, 6.45) is -0.431. The van der Waals surface area contributed by atoms with Crippen molar-refractivity contribution < 1.29 is 10.0 Å². The number of anilines is 1. The molecule has 1 aromatic rings. The van der Waals surface area contributed by atoms with Crippen LogP contribution in [-0.4, -0.2) is 22.6 Å². The van der Waals surface area contributed by atoms with Gasteiger partial charge in [-0.05, 0) is 20.8 Å². The Labute approximate surface area is 116 Å². The number of nitro groups is 1. The van der Waals surface area contributed by atoms with Gasteiger partial charge in [0, 0.05) is 23.5 Å². The summed E-state index contributed by atoms with van der Waals surface area (Å²) in [6.45, 7) is 5.86. The molecule has 6 nitrogen and oxygen atoms in total. The average Bonchev–Trinajstić information content (AvgIpc) is 2.74. The third-order valence-corrected chi connectivity index (χ3v) is 4.00. The summed E-state index contributed by atoms with van der Waals surface area (Å²) in [5.74, 6) is 0. The molecule has 0 saturated carbocycles. The molecule has 1 atom stereocenters. The van der Waals surface area contributed by atoms with Crippen molar-refractivity contribution in [3.63, 3.8) is 0 Å². The van der Waals surface area contributed by atoms with Crippen LogP contribution in [0, 0.1) is 21.4 Å². The first-order valence-corrected chi connectivity index (χ1v) is 6.79. The van der Waals surface area contributed by atoms with E-state index in [1.165, 1.54) is 17.4 Å². The molecule has 1 rings (SSSR count). The van der Waals surface area contributed by atoms with Gasteiger partial charge in [-0.1, -0.05) is 0 Å². The highest BCUT2D eigenvalue weighted by atomic mass is 32.1. The first kappa shape index (κ1) is 15.4. The van der Waals surface area contributed by atoms with Crippen LogP contribution in [-0.2, 0) is 0 Å². The summed E-state index contributed by atoms with van der Waals surface area (Å²) in [5, 5.41) is 29.8. The first-order chi connectivity index (χ1) is 8.88. The second-order valence-electron chi connectivity index (χ2n) is 4.47. The lowest BCUT2D eigenvalue weighted by molar-refractivity contribution is -0.383. The Bertz CT molecular complexity index is 491. The van der Waals surface area contributed by atoms with Crippen LogP contribution in [0.5, 0.6) is 0 Å². The van der Waals surface area contributed by atoms with Gasteiger partial charge in [-0.15, -0.1) is 11.3 Å². The molecule has 0 saturated heterocycles. The molecule has 0 aliphatic heterocycles. The molecule has 0 bridgehead atoms. The number of hydrogen-bond acceptors (Lipinski definition) is 6. The van der Waals surface area contributed by atoms with E-state index in [1.807, 2.05) is 24.8 Å². The van der Waals surface area contributed by atoms with E-state index in [0.29, 0.717) is 22.8 Å². The van der Waals surface area contributed by atoms with Crippen molar-refractivity contribution in [2.75, 3.05) is 11.4 Å². The maximum atomic E-state index is 11.1. The van der Waals surface area contributed by atoms with Crippen molar-refractivity contribution in [2.45, 2.75) is 39.3 Å². The van der Waals surface area contributed by atoms with Crippen molar-refractivity contribution in [1.82, 2.24) is 0 Å². The Balaban J connectivity index is 3.20. The molecule has 0 fully saturated rings. The van der Waals surface area contributed by atoms with Gasteiger partial charge in [-0.3, -0.25) is 10.1 Å². The molecule has 0 aliphatic rings.